The minimum absolute atomic E-state index is 0.204. The van der Waals surface area contributed by atoms with Gasteiger partial charge >= 0.3 is 6.18 Å². The van der Waals surface area contributed by atoms with Crippen molar-refractivity contribution in [3.63, 3.8) is 0 Å². The first kappa shape index (κ1) is 30.5. The van der Waals surface area contributed by atoms with E-state index in [0.29, 0.717) is 40.5 Å². The van der Waals surface area contributed by atoms with E-state index >= 15 is 4.39 Å². The molecule has 0 unspecified atom stereocenters. The lowest BCUT2D eigenvalue weighted by molar-refractivity contribution is -0.141. The Kier molecular flexibility index (Phi) is 6.78. The van der Waals surface area contributed by atoms with Crippen molar-refractivity contribution >= 4 is 40.0 Å². The number of piperidine rings is 1. The highest BCUT2D eigenvalue weighted by molar-refractivity contribution is 6.08. The molecule has 2 aliphatic rings. The molecule has 2 fully saturated rings. The molecule has 242 valence electrons. The molecule has 14 heteroatoms. The third-order valence-corrected chi connectivity index (χ3v) is 9.26. The van der Waals surface area contributed by atoms with Crippen LogP contribution in [0.15, 0.2) is 48.9 Å². The lowest BCUT2D eigenvalue weighted by Gasteiger charge is -2.27. The summed E-state index contributed by atoms with van der Waals surface area (Å²) >= 11 is 0. The fourth-order valence-electron chi connectivity index (χ4n) is 6.68. The molecule has 10 nitrogen and oxygen atoms in total. The van der Waals surface area contributed by atoms with Crippen LogP contribution in [-0.2, 0) is 22.3 Å². The zero-order valence-corrected chi connectivity index (χ0v) is 25.8. The Bertz CT molecular complexity index is 2150. The first-order valence-corrected chi connectivity index (χ1v) is 15.0. The van der Waals surface area contributed by atoms with E-state index in [2.05, 4.69) is 20.4 Å². The Morgan fingerprint density at radius 2 is 1.85 bits per heavy atom. The Morgan fingerprint density at radius 1 is 1.09 bits per heavy atom. The molecule has 0 bridgehead atoms. The van der Waals surface area contributed by atoms with Crippen LogP contribution in [-0.4, -0.2) is 58.7 Å². The molecule has 47 heavy (non-hydrogen) atoms. The summed E-state index contributed by atoms with van der Waals surface area (Å²) in [6.07, 6.45) is 0.968. The summed E-state index contributed by atoms with van der Waals surface area (Å²) in [6.45, 7) is 6.38. The minimum atomic E-state index is -4.69. The van der Waals surface area contributed by atoms with Crippen LogP contribution < -0.4 is 5.32 Å². The van der Waals surface area contributed by atoms with Gasteiger partial charge in [-0.2, -0.15) is 18.3 Å². The monoisotopic (exact) mass is 647 g/mol. The molecular weight excluding hydrogens is 618 g/mol. The quantitative estimate of drug-likeness (QED) is 0.186. The number of hydrogen-bond donors (Lipinski definition) is 1. The fourth-order valence-corrected chi connectivity index (χ4v) is 6.68. The predicted molar refractivity (Wildman–Crippen MR) is 163 cm³/mol. The van der Waals surface area contributed by atoms with Crippen molar-refractivity contribution in [2.75, 3.05) is 5.32 Å². The number of alkyl halides is 3. The van der Waals surface area contributed by atoms with E-state index in [-0.39, 0.29) is 40.7 Å². The molecule has 4 aromatic heterocycles. The number of hydrogen-bond acceptors (Lipinski definition) is 6. The van der Waals surface area contributed by atoms with E-state index in [0.717, 1.165) is 11.8 Å². The van der Waals surface area contributed by atoms with Crippen molar-refractivity contribution in [3.8, 4) is 11.1 Å². The average Bonchev–Trinajstić information content (AvgIpc) is 3.25. The largest absolute Gasteiger partial charge is 0.433 e. The molecule has 5 heterocycles. The molecule has 1 saturated heterocycles. The van der Waals surface area contributed by atoms with E-state index < -0.39 is 35.5 Å². The normalized spacial score (nSPS) is 20.6. The van der Waals surface area contributed by atoms with Crippen LogP contribution in [0.25, 0.3) is 27.7 Å². The molecule has 1 saturated carbocycles. The van der Waals surface area contributed by atoms with Gasteiger partial charge in [0, 0.05) is 52.8 Å². The zero-order chi connectivity index (χ0) is 33.6. The van der Waals surface area contributed by atoms with Crippen molar-refractivity contribution < 1.29 is 31.9 Å². The smallest absolute Gasteiger partial charge is 0.337 e. The maximum Gasteiger partial charge on any atom is 0.433 e. The number of ketones is 1. The third-order valence-electron chi connectivity index (χ3n) is 9.26. The molecule has 1 aliphatic carbocycles. The van der Waals surface area contributed by atoms with Gasteiger partial charge in [-0.25, -0.2) is 18.9 Å². The van der Waals surface area contributed by atoms with Crippen LogP contribution in [0, 0.1) is 25.1 Å². The van der Waals surface area contributed by atoms with Crippen molar-refractivity contribution in [1.82, 2.24) is 29.0 Å². The zero-order valence-electron chi connectivity index (χ0n) is 25.8. The van der Waals surface area contributed by atoms with Gasteiger partial charge in [0.2, 0.25) is 11.8 Å². The minimum Gasteiger partial charge on any atom is -0.337 e. The van der Waals surface area contributed by atoms with Gasteiger partial charge in [-0.3, -0.25) is 14.4 Å². The SMILES string of the molecule is CC(=O)c1cn(CC(=O)N2[C@H](C(=O)Nc3nc(C(F)(F)F)ccc3C)C[C@@]3(C)C[C@@H]23)c2cc(F)c(-c3cnc4cc(C)nn4c3)cc12. The third kappa shape index (κ3) is 5.21. The summed E-state index contributed by atoms with van der Waals surface area (Å²) in [7, 11) is 0. The molecule has 3 atom stereocenters. The maximum atomic E-state index is 15.7. The second kappa shape index (κ2) is 10.4. The van der Waals surface area contributed by atoms with E-state index in [1.807, 2.05) is 13.8 Å². The number of halogens is 4. The Labute approximate surface area is 265 Å². The van der Waals surface area contributed by atoms with E-state index in [4.69, 9.17) is 0 Å². The van der Waals surface area contributed by atoms with Gasteiger partial charge in [-0.1, -0.05) is 13.0 Å². The second-order valence-corrected chi connectivity index (χ2v) is 12.8. The summed E-state index contributed by atoms with van der Waals surface area (Å²) in [4.78, 5) is 49.5. The molecule has 1 aliphatic heterocycles. The van der Waals surface area contributed by atoms with Crippen molar-refractivity contribution in [3.05, 3.63) is 77.3 Å². The number of nitrogens with zero attached hydrogens (tertiary/aromatic N) is 6. The number of amides is 2. The van der Waals surface area contributed by atoms with Gasteiger partial charge in [-0.05, 0) is 62.8 Å². The number of rotatable bonds is 6. The number of aryl methyl sites for hydroxylation is 2. The second-order valence-electron chi connectivity index (χ2n) is 12.8. The molecule has 2 amide bonds. The fraction of sp³-hybridized carbons (Fsp3) is 0.333. The first-order chi connectivity index (χ1) is 22.1. The highest BCUT2D eigenvalue weighted by Gasteiger charge is 2.64. The topological polar surface area (TPSA) is 114 Å². The van der Waals surface area contributed by atoms with Crippen LogP contribution in [0.3, 0.4) is 0 Å². The highest BCUT2D eigenvalue weighted by Crippen LogP contribution is 2.59. The summed E-state index contributed by atoms with van der Waals surface area (Å²) in [6, 6.07) is 5.47. The van der Waals surface area contributed by atoms with Gasteiger partial charge in [0.1, 0.15) is 29.9 Å². The van der Waals surface area contributed by atoms with Crippen LogP contribution in [0.5, 0.6) is 0 Å². The number of anilines is 1. The summed E-state index contributed by atoms with van der Waals surface area (Å²) in [5, 5.41) is 7.29. The average molecular weight is 648 g/mol. The van der Waals surface area contributed by atoms with E-state index in [1.54, 1.807) is 22.8 Å². The molecule has 1 aromatic carbocycles. The van der Waals surface area contributed by atoms with Crippen LogP contribution >= 0.6 is 0 Å². The molecule has 1 N–H and O–H groups in total. The van der Waals surface area contributed by atoms with Gasteiger partial charge < -0.3 is 14.8 Å². The Morgan fingerprint density at radius 3 is 2.57 bits per heavy atom. The molecule has 0 spiro atoms. The Balaban J connectivity index is 1.19. The summed E-state index contributed by atoms with van der Waals surface area (Å²) in [5.41, 5.74) is 1.48. The lowest BCUT2D eigenvalue weighted by Crippen LogP contribution is -2.46. The van der Waals surface area contributed by atoms with Crippen molar-refractivity contribution in [1.29, 1.82) is 0 Å². The summed E-state index contributed by atoms with van der Waals surface area (Å²) in [5.74, 6) is -2.19. The molecule has 0 radical (unpaired) electrons. The molecule has 7 rings (SSSR count). The maximum absolute atomic E-state index is 15.7. The number of fused-ring (bicyclic) bond motifs is 3. The van der Waals surface area contributed by atoms with Crippen LogP contribution in [0.2, 0.25) is 0 Å². The van der Waals surface area contributed by atoms with Crippen molar-refractivity contribution in [2.45, 2.75) is 65.3 Å². The lowest BCUT2D eigenvalue weighted by atomic mass is 10.0. The number of benzene rings is 1. The first-order valence-electron chi connectivity index (χ1n) is 15.0. The number of carbonyl (C=O) groups excluding carboxylic acids is 3. The van der Waals surface area contributed by atoms with Crippen LogP contribution in [0.1, 0.15) is 54.0 Å². The van der Waals surface area contributed by atoms with E-state index in [9.17, 15) is 27.6 Å². The highest BCUT2D eigenvalue weighted by atomic mass is 19.4. The standard InChI is InChI=1S/C33H29F4N7O3/c1-16-5-6-26(33(35,36)37)39-30(16)40-31(47)25-10-32(4)11-27(32)44(25)29(46)15-42-14-22(18(3)45)21-8-20(23(34)9-24(21)42)19-12-38-28-7-17(2)41-43(28)13-19/h5-9,12-14,25,27H,10-11,15H2,1-4H3,(H,39,40,47)/t25-,27+,32-/m0/s1. The molecule has 5 aromatic rings. The summed E-state index contributed by atoms with van der Waals surface area (Å²) < 4.78 is 58.6. The van der Waals surface area contributed by atoms with Crippen molar-refractivity contribution in [2.24, 2.45) is 5.41 Å². The van der Waals surface area contributed by atoms with E-state index in [1.165, 1.54) is 47.8 Å². The Hall–Kier alpha value is -5.14. The molecular formula is C33H29F4N7O3. The van der Waals surface area contributed by atoms with Gasteiger partial charge in [-0.15, -0.1) is 0 Å². The van der Waals surface area contributed by atoms with Gasteiger partial charge in [0.05, 0.1) is 11.2 Å². The number of aromatic nitrogens is 5. The number of likely N-dealkylation sites (tertiary alicyclic amines) is 1. The number of carbonyl (C=O) groups is 3. The van der Waals surface area contributed by atoms with Crippen LogP contribution in [0.4, 0.5) is 23.4 Å². The number of nitrogens with one attached hydrogen (secondary N) is 1. The number of pyridine rings is 1. The van der Waals surface area contributed by atoms with Gasteiger partial charge in [0.15, 0.2) is 11.4 Å². The predicted octanol–water partition coefficient (Wildman–Crippen LogP) is 5.74. The number of Topliss-reactive ketones (excluding diaryl/α,β-unsaturated/α-hetero) is 1. The van der Waals surface area contributed by atoms with Gasteiger partial charge in [0.25, 0.3) is 0 Å².